The second-order valence-corrected chi connectivity index (χ2v) is 15.9. The molecule has 3 fully saturated rings. The van der Waals surface area contributed by atoms with Crippen LogP contribution in [0.1, 0.15) is 12.5 Å². The largest absolute Gasteiger partial charge is 0.387 e. The average molecular weight is 707 g/mol. The van der Waals surface area contributed by atoms with Gasteiger partial charge in [-0.3, -0.25) is 37.0 Å². The molecule has 2 unspecified atom stereocenters. The molecule has 0 saturated carbocycles. The van der Waals surface area contributed by atoms with Gasteiger partial charge in [0.05, 0.1) is 25.9 Å². The molecule has 25 heteroatoms. The number of nitrogens with zero attached hydrogens (tertiary/aromatic N) is 7. The van der Waals surface area contributed by atoms with E-state index in [0.29, 0.717) is 0 Å². The SMILES string of the molecule is Nc1nc2c(ncn2[C@@H]2O[C@@H]3COP(=O)(S)O[C@@H]4[C@H](O)[C@@H](COP(=O)(S)O[C@@H]2[C@@H]3O)O[C@H]4n2cnc3c(N)ncnc32)c(=O)[nH]1. The number of imidazole rings is 2. The number of nitrogens with two attached hydrogens (primary N) is 2. The van der Waals surface area contributed by atoms with Crippen molar-refractivity contribution < 1.29 is 46.9 Å². The van der Waals surface area contributed by atoms with E-state index in [4.69, 9.17) is 39.0 Å². The Balaban J connectivity index is 1.23. The molecule has 4 aromatic rings. The summed E-state index contributed by atoms with van der Waals surface area (Å²) in [5, 5.41) is 22.4. The molecule has 3 aliphatic heterocycles. The number of rotatable bonds is 2. The van der Waals surface area contributed by atoms with E-state index in [1.54, 1.807) is 0 Å². The lowest BCUT2D eigenvalue weighted by atomic mass is 10.1. The molecule has 10 atom stereocenters. The lowest BCUT2D eigenvalue weighted by molar-refractivity contribution is -0.0584. The highest BCUT2D eigenvalue weighted by atomic mass is 32.7. The molecule has 4 bridgehead atoms. The first-order valence-electron chi connectivity index (χ1n) is 13.0. The zero-order chi connectivity index (χ0) is 31.8. The third-order valence-electron chi connectivity index (χ3n) is 7.33. The van der Waals surface area contributed by atoms with Crippen LogP contribution in [-0.2, 0) is 36.7 Å². The van der Waals surface area contributed by atoms with E-state index in [2.05, 4.69) is 54.4 Å². The van der Waals surface area contributed by atoms with Gasteiger partial charge in [0.15, 0.2) is 35.1 Å². The van der Waals surface area contributed by atoms with Crippen molar-refractivity contribution in [2.24, 2.45) is 0 Å². The van der Waals surface area contributed by atoms with E-state index in [0.717, 1.165) is 0 Å². The van der Waals surface area contributed by atoms with E-state index in [1.807, 2.05) is 0 Å². The number of anilines is 2. The highest BCUT2D eigenvalue weighted by molar-refractivity contribution is 8.44. The number of aliphatic hydroxyl groups is 2. The van der Waals surface area contributed by atoms with E-state index in [1.165, 1.54) is 28.1 Å². The van der Waals surface area contributed by atoms with Crippen LogP contribution in [-0.4, -0.2) is 99.1 Å². The van der Waals surface area contributed by atoms with Gasteiger partial charge in [-0.2, -0.15) is 4.98 Å². The Morgan fingerprint density at radius 3 is 1.96 bits per heavy atom. The number of ether oxygens (including phenoxy) is 2. The van der Waals surface area contributed by atoms with Gasteiger partial charge in [0.2, 0.25) is 5.95 Å². The first-order valence-corrected chi connectivity index (χ1v) is 18.3. The van der Waals surface area contributed by atoms with Gasteiger partial charge in [0.1, 0.15) is 48.5 Å². The summed E-state index contributed by atoms with van der Waals surface area (Å²) in [6.45, 7) is -9.90. The van der Waals surface area contributed by atoms with Crippen molar-refractivity contribution in [3.63, 3.8) is 0 Å². The fourth-order valence-corrected chi connectivity index (χ4v) is 8.19. The number of hydrogen-bond donors (Lipinski definition) is 7. The molecular formula is C20H24N10O11P2S2. The van der Waals surface area contributed by atoms with E-state index >= 15 is 0 Å². The minimum absolute atomic E-state index is 0.0430. The molecule has 0 spiro atoms. The lowest BCUT2D eigenvalue weighted by Crippen LogP contribution is -2.37. The van der Waals surface area contributed by atoms with Crippen LogP contribution in [0.25, 0.3) is 22.3 Å². The molecule has 242 valence electrons. The molecule has 21 nitrogen and oxygen atoms in total. The first kappa shape index (κ1) is 31.0. The van der Waals surface area contributed by atoms with Crippen molar-refractivity contribution >= 4 is 72.2 Å². The van der Waals surface area contributed by atoms with Crippen LogP contribution in [0.4, 0.5) is 11.8 Å². The van der Waals surface area contributed by atoms with Gasteiger partial charge in [-0.1, -0.05) is 24.5 Å². The predicted molar refractivity (Wildman–Crippen MR) is 157 cm³/mol. The Labute approximate surface area is 260 Å². The molecular weight excluding hydrogens is 682 g/mol. The van der Waals surface area contributed by atoms with Crippen LogP contribution in [0, 0.1) is 0 Å². The number of thiol groups is 2. The van der Waals surface area contributed by atoms with Gasteiger partial charge >= 0.3 is 13.6 Å². The van der Waals surface area contributed by atoms with Crippen LogP contribution < -0.4 is 17.0 Å². The summed E-state index contributed by atoms with van der Waals surface area (Å²) in [6.07, 6.45) is -7.54. The van der Waals surface area contributed by atoms with Crippen LogP contribution in [0.3, 0.4) is 0 Å². The quantitative estimate of drug-likeness (QED) is 0.102. The number of nitrogen functional groups attached to an aromatic ring is 2. The lowest BCUT2D eigenvalue weighted by Gasteiger charge is -2.26. The monoisotopic (exact) mass is 706 g/mol. The normalized spacial score (nSPS) is 37.7. The van der Waals surface area contributed by atoms with Crippen molar-refractivity contribution in [3.8, 4) is 0 Å². The molecule has 0 aromatic carbocycles. The molecule has 0 amide bonds. The molecule has 7 rings (SSSR count). The Morgan fingerprint density at radius 2 is 1.38 bits per heavy atom. The number of aliphatic hydroxyl groups excluding tert-OH is 2. The Bertz CT molecular complexity index is 1940. The molecule has 0 radical (unpaired) electrons. The number of hydrogen-bond acceptors (Lipinski definition) is 18. The van der Waals surface area contributed by atoms with Crippen molar-refractivity contribution in [2.75, 3.05) is 24.7 Å². The van der Waals surface area contributed by atoms with Crippen LogP contribution in [0.15, 0.2) is 23.8 Å². The number of fused-ring (bicyclic) bond motifs is 6. The molecule has 0 aliphatic carbocycles. The third-order valence-corrected chi connectivity index (χ3v) is 10.6. The summed E-state index contributed by atoms with van der Waals surface area (Å²) in [4.78, 5) is 35.0. The van der Waals surface area contributed by atoms with Crippen molar-refractivity contribution in [1.82, 2.24) is 39.0 Å². The van der Waals surface area contributed by atoms with Gasteiger partial charge in [-0.15, -0.1) is 0 Å². The van der Waals surface area contributed by atoms with Crippen molar-refractivity contribution in [3.05, 3.63) is 29.3 Å². The van der Waals surface area contributed by atoms with E-state index in [9.17, 15) is 24.1 Å². The number of aromatic nitrogens is 8. The summed E-state index contributed by atoms with van der Waals surface area (Å²) in [5.41, 5.74) is 11.2. The van der Waals surface area contributed by atoms with Crippen molar-refractivity contribution in [1.29, 1.82) is 0 Å². The average Bonchev–Trinajstić information content (AvgIpc) is 3.72. The third kappa shape index (κ3) is 5.55. The Morgan fingerprint density at radius 1 is 0.844 bits per heavy atom. The summed E-state index contributed by atoms with van der Waals surface area (Å²) in [5.74, 6) is -0.155. The fraction of sp³-hybridized carbons (Fsp3) is 0.500. The number of aromatic amines is 1. The first-order chi connectivity index (χ1) is 21.3. The highest BCUT2D eigenvalue weighted by Crippen LogP contribution is 2.60. The number of nitrogens with one attached hydrogen (secondary N) is 1. The topological polar surface area (TPSA) is 289 Å². The molecule has 7 heterocycles. The maximum atomic E-state index is 13.5. The summed E-state index contributed by atoms with van der Waals surface area (Å²) >= 11 is 8.13. The Kier molecular flexibility index (Phi) is 7.74. The van der Waals surface area contributed by atoms with E-state index in [-0.39, 0.29) is 34.1 Å². The van der Waals surface area contributed by atoms with E-state index < -0.39 is 81.4 Å². The van der Waals surface area contributed by atoms with Crippen molar-refractivity contribution in [2.45, 2.75) is 49.1 Å². The molecule has 3 aliphatic rings. The maximum absolute atomic E-state index is 13.5. The van der Waals surface area contributed by atoms with Crippen LogP contribution in [0.5, 0.6) is 0 Å². The molecule has 45 heavy (non-hydrogen) atoms. The number of H-pyrrole nitrogens is 1. The zero-order valence-corrected chi connectivity index (χ0v) is 26.0. The van der Waals surface area contributed by atoms with Gasteiger partial charge in [0, 0.05) is 0 Å². The van der Waals surface area contributed by atoms with Gasteiger partial charge < -0.3 is 31.2 Å². The minimum Gasteiger partial charge on any atom is -0.387 e. The van der Waals surface area contributed by atoms with Crippen LogP contribution in [0.2, 0.25) is 0 Å². The second kappa shape index (κ2) is 11.2. The molecule has 4 aromatic heterocycles. The second-order valence-electron chi connectivity index (χ2n) is 10.1. The van der Waals surface area contributed by atoms with Gasteiger partial charge in [-0.25, -0.2) is 29.1 Å². The standard InChI is InChI=1S/C20H24N10O11P2S2/c21-14-8-15(24-3-23-14)29(4-25-8)18-12-10(31)6(38-18)1-36-43(35,45)41-13-11(32)7(2-37-42(34,44)40-12)39-19(13)30-5-26-9-16(30)27-20(22)28-17(9)33/h3-7,10-13,18-19,31-32H,1-2H2,(H,34,44)(H,35,45)(H2,21,23,24)(H3,22,27,28,33)/t6-,7-,10-,11-,12-,13-,18-,19-,42?,43?/m1/s1. The summed E-state index contributed by atoms with van der Waals surface area (Å²) < 4.78 is 63.8. The maximum Gasteiger partial charge on any atom is 0.386 e. The minimum atomic E-state index is -4.37. The fourth-order valence-electron chi connectivity index (χ4n) is 5.28. The molecule has 7 N–H and O–H groups in total. The highest BCUT2D eigenvalue weighted by Gasteiger charge is 2.53. The summed E-state index contributed by atoms with van der Waals surface area (Å²) in [6, 6.07) is 0. The van der Waals surface area contributed by atoms with Gasteiger partial charge in [0.25, 0.3) is 5.56 Å². The zero-order valence-electron chi connectivity index (χ0n) is 22.4. The van der Waals surface area contributed by atoms with Crippen LogP contribution >= 0.6 is 38.1 Å². The molecule has 3 saturated heterocycles. The predicted octanol–water partition coefficient (Wildman–Crippen LogP) is -0.467. The summed E-state index contributed by atoms with van der Waals surface area (Å²) in [7, 11) is 0. The Hall–Kier alpha value is -2.66. The smallest absolute Gasteiger partial charge is 0.386 e. The van der Waals surface area contributed by atoms with Gasteiger partial charge in [-0.05, 0) is 0 Å².